The van der Waals surface area contributed by atoms with Crippen molar-refractivity contribution in [1.82, 2.24) is 5.01 Å². The summed E-state index contributed by atoms with van der Waals surface area (Å²) in [5.41, 5.74) is 1.78. The number of carbonyl (C=O) groups is 1. The number of fused-ring (bicyclic) bond motifs is 3. The number of hydrogen-bond donors (Lipinski definition) is 1. The molecule has 2 atom stereocenters. The molecular formula is C24H17ClF3N3O2. The van der Waals surface area contributed by atoms with E-state index in [-0.39, 0.29) is 11.6 Å². The first kappa shape index (κ1) is 21.3. The second kappa shape index (κ2) is 8.12. The minimum absolute atomic E-state index is 0.223. The number of nitrogens with zero attached hydrogens (tertiary/aromatic N) is 2. The molecule has 2 unspecified atom stereocenters. The normalized spacial score (nSPS) is 19.3. The minimum Gasteiger partial charge on any atom is -0.492 e. The van der Waals surface area contributed by atoms with Crippen LogP contribution < -0.4 is 10.1 Å². The number of anilines is 1. The highest BCUT2D eigenvalue weighted by molar-refractivity contribution is 6.30. The van der Waals surface area contributed by atoms with Crippen LogP contribution >= 0.6 is 11.6 Å². The minimum atomic E-state index is -4.45. The topological polar surface area (TPSA) is 53.9 Å². The van der Waals surface area contributed by atoms with Crippen molar-refractivity contribution in [2.75, 3.05) is 11.9 Å². The van der Waals surface area contributed by atoms with Gasteiger partial charge in [-0.05, 0) is 54.1 Å². The van der Waals surface area contributed by atoms with Crippen molar-refractivity contribution in [2.45, 2.75) is 12.2 Å². The number of alkyl halides is 3. The number of urea groups is 1. The van der Waals surface area contributed by atoms with Crippen LogP contribution in [0.3, 0.4) is 0 Å². The van der Waals surface area contributed by atoms with Crippen LogP contribution in [-0.2, 0) is 6.18 Å². The van der Waals surface area contributed by atoms with E-state index in [0.717, 1.165) is 29.0 Å². The number of para-hydroxylation sites is 1. The fraction of sp³-hybridized carbons (Fsp3) is 0.167. The molecule has 9 heteroatoms. The molecule has 0 aromatic heterocycles. The first-order valence-electron chi connectivity index (χ1n) is 10.1. The third kappa shape index (κ3) is 4.02. The summed E-state index contributed by atoms with van der Waals surface area (Å²) < 4.78 is 44.5. The van der Waals surface area contributed by atoms with Crippen LogP contribution in [0.25, 0.3) is 0 Å². The predicted molar refractivity (Wildman–Crippen MR) is 118 cm³/mol. The number of benzene rings is 3. The quantitative estimate of drug-likeness (QED) is 0.473. The number of ether oxygens (including phenoxy) is 1. The van der Waals surface area contributed by atoms with E-state index in [1.165, 1.54) is 17.1 Å². The van der Waals surface area contributed by atoms with Crippen molar-refractivity contribution in [3.63, 3.8) is 0 Å². The molecule has 0 radical (unpaired) electrons. The van der Waals surface area contributed by atoms with Crippen LogP contribution in [0.2, 0.25) is 5.02 Å². The van der Waals surface area contributed by atoms with Gasteiger partial charge < -0.3 is 10.1 Å². The highest BCUT2D eigenvalue weighted by Crippen LogP contribution is 2.43. The zero-order valence-corrected chi connectivity index (χ0v) is 17.8. The summed E-state index contributed by atoms with van der Waals surface area (Å²) in [6.45, 7) is 0.327. The lowest BCUT2D eigenvalue weighted by atomic mass is 9.86. The summed E-state index contributed by atoms with van der Waals surface area (Å²) in [6, 6.07) is 17.8. The Morgan fingerprint density at radius 2 is 1.73 bits per heavy atom. The molecule has 0 bridgehead atoms. The summed E-state index contributed by atoms with van der Waals surface area (Å²) in [5.74, 6) is 0.465. The van der Waals surface area contributed by atoms with E-state index in [0.29, 0.717) is 17.4 Å². The molecule has 2 heterocycles. The predicted octanol–water partition coefficient (Wildman–Crippen LogP) is 6.36. The molecule has 2 amide bonds. The third-order valence-electron chi connectivity index (χ3n) is 5.68. The largest absolute Gasteiger partial charge is 0.492 e. The van der Waals surface area contributed by atoms with Crippen molar-refractivity contribution < 1.29 is 22.7 Å². The van der Waals surface area contributed by atoms with Crippen LogP contribution in [0, 0.1) is 5.92 Å². The Morgan fingerprint density at radius 1 is 1.03 bits per heavy atom. The summed E-state index contributed by atoms with van der Waals surface area (Å²) in [7, 11) is 0. The first-order chi connectivity index (χ1) is 15.8. The van der Waals surface area contributed by atoms with Crippen molar-refractivity contribution in [3.05, 3.63) is 94.5 Å². The molecule has 5 rings (SSSR count). The molecule has 0 spiro atoms. The zero-order valence-electron chi connectivity index (χ0n) is 17.0. The van der Waals surface area contributed by atoms with Gasteiger partial charge in [0.1, 0.15) is 5.75 Å². The molecule has 0 fully saturated rings. The Morgan fingerprint density at radius 3 is 2.42 bits per heavy atom. The molecule has 3 aromatic rings. The average molecular weight is 472 g/mol. The van der Waals surface area contributed by atoms with Crippen LogP contribution in [0.1, 0.15) is 22.7 Å². The number of amides is 2. The van der Waals surface area contributed by atoms with Crippen LogP contribution in [0.4, 0.5) is 23.7 Å². The highest BCUT2D eigenvalue weighted by Gasteiger charge is 2.45. The third-order valence-corrected chi connectivity index (χ3v) is 5.93. The van der Waals surface area contributed by atoms with E-state index in [1.54, 1.807) is 12.1 Å². The number of nitrogens with one attached hydrogen (secondary N) is 1. The fourth-order valence-corrected chi connectivity index (χ4v) is 4.23. The molecular weight excluding hydrogens is 455 g/mol. The van der Waals surface area contributed by atoms with Crippen LogP contribution in [0.5, 0.6) is 5.75 Å². The van der Waals surface area contributed by atoms with E-state index in [2.05, 4.69) is 10.4 Å². The lowest BCUT2D eigenvalue weighted by molar-refractivity contribution is -0.137. The van der Waals surface area contributed by atoms with E-state index in [9.17, 15) is 18.0 Å². The second-order valence-corrected chi connectivity index (χ2v) is 8.18. The van der Waals surface area contributed by atoms with Gasteiger partial charge >= 0.3 is 12.2 Å². The van der Waals surface area contributed by atoms with Gasteiger partial charge in [0.15, 0.2) is 0 Å². The standard InChI is InChI=1S/C24H17ClF3N3O2/c25-16-9-5-14(6-10-16)22-19-13-33-20-4-2-1-3-18(20)21(19)30-31(22)23(32)29-17-11-7-15(8-12-17)24(26,27)28/h1-12,19,22H,13H2,(H,29,32). The maximum absolute atomic E-state index is 13.2. The molecule has 3 aromatic carbocycles. The molecule has 2 aliphatic rings. The zero-order chi connectivity index (χ0) is 23.2. The Bertz CT molecular complexity index is 1230. The Kier molecular flexibility index (Phi) is 5.25. The lowest BCUT2D eigenvalue weighted by Crippen LogP contribution is -2.36. The summed E-state index contributed by atoms with van der Waals surface area (Å²) in [6.07, 6.45) is -4.45. The second-order valence-electron chi connectivity index (χ2n) is 7.75. The van der Waals surface area contributed by atoms with Gasteiger partial charge in [-0.15, -0.1) is 0 Å². The first-order valence-corrected chi connectivity index (χ1v) is 10.5. The molecule has 0 aliphatic carbocycles. The van der Waals surface area contributed by atoms with Gasteiger partial charge in [0.25, 0.3) is 0 Å². The molecule has 0 saturated heterocycles. The number of hydrogen-bond acceptors (Lipinski definition) is 3. The Balaban J connectivity index is 1.48. The van der Waals surface area contributed by atoms with Gasteiger partial charge in [0, 0.05) is 16.3 Å². The number of rotatable bonds is 2. The highest BCUT2D eigenvalue weighted by atomic mass is 35.5. The Labute approximate surface area is 192 Å². The van der Waals surface area contributed by atoms with E-state index < -0.39 is 23.8 Å². The van der Waals surface area contributed by atoms with Gasteiger partial charge in [-0.3, -0.25) is 0 Å². The summed E-state index contributed by atoms with van der Waals surface area (Å²) in [4.78, 5) is 13.2. The van der Waals surface area contributed by atoms with Gasteiger partial charge in [-0.25, -0.2) is 9.80 Å². The Hall–Kier alpha value is -3.52. The average Bonchev–Trinajstić information content (AvgIpc) is 3.20. The maximum atomic E-state index is 13.2. The van der Waals surface area contributed by atoms with Crippen LogP contribution in [0.15, 0.2) is 77.9 Å². The maximum Gasteiger partial charge on any atom is 0.416 e. The SMILES string of the molecule is O=C(Nc1ccc(C(F)(F)F)cc1)N1N=C2c3ccccc3OCC2C1c1ccc(Cl)cc1. The monoisotopic (exact) mass is 471 g/mol. The molecule has 1 N–H and O–H groups in total. The van der Waals surface area contributed by atoms with E-state index in [1.807, 2.05) is 36.4 Å². The smallest absolute Gasteiger partial charge is 0.416 e. The van der Waals surface area contributed by atoms with Crippen molar-refractivity contribution >= 4 is 29.0 Å². The summed E-state index contributed by atoms with van der Waals surface area (Å²) in [5, 5.41) is 9.17. The molecule has 0 saturated carbocycles. The molecule has 168 valence electrons. The van der Waals surface area contributed by atoms with Gasteiger partial charge in [0.05, 0.1) is 29.8 Å². The van der Waals surface area contributed by atoms with Gasteiger partial charge in [0.2, 0.25) is 0 Å². The van der Waals surface area contributed by atoms with Gasteiger partial charge in [-0.1, -0.05) is 35.9 Å². The van der Waals surface area contributed by atoms with Crippen molar-refractivity contribution in [2.24, 2.45) is 11.0 Å². The fourth-order valence-electron chi connectivity index (χ4n) is 4.11. The number of carbonyl (C=O) groups excluding carboxylic acids is 1. The molecule has 5 nitrogen and oxygen atoms in total. The number of hydrazone groups is 1. The van der Waals surface area contributed by atoms with Crippen LogP contribution in [-0.4, -0.2) is 23.4 Å². The molecule has 33 heavy (non-hydrogen) atoms. The number of halogens is 4. The molecule has 2 aliphatic heterocycles. The van der Waals surface area contributed by atoms with Crippen molar-refractivity contribution in [1.29, 1.82) is 0 Å². The summed E-state index contributed by atoms with van der Waals surface area (Å²) >= 11 is 6.05. The van der Waals surface area contributed by atoms with E-state index >= 15 is 0 Å². The van der Waals surface area contributed by atoms with Gasteiger partial charge in [-0.2, -0.15) is 18.3 Å². The van der Waals surface area contributed by atoms with E-state index in [4.69, 9.17) is 16.3 Å². The lowest BCUT2D eigenvalue weighted by Gasteiger charge is -2.29. The van der Waals surface area contributed by atoms with Crippen molar-refractivity contribution in [3.8, 4) is 5.75 Å².